The third kappa shape index (κ3) is 1.60. The zero-order valence-corrected chi connectivity index (χ0v) is 10.2. The minimum absolute atomic E-state index is 0.188. The van der Waals surface area contributed by atoms with E-state index in [1.54, 1.807) is 6.20 Å². The molecule has 0 saturated heterocycles. The van der Waals surface area contributed by atoms with E-state index in [-0.39, 0.29) is 5.95 Å². The predicted molar refractivity (Wildman–Crippen MR) is 71.0 cm³/mol. The summed E-state index contributed by atoms with van der Waals surface area (Å²) in [5, 5.41) is 9.01. The highest BCUT2D eigenvalue weighted by atomic mass is 15.2. The number of fused-ring (bicyclic) bond motifs is 1. The minimum Gasteiger partial charge on any atom is -0.366 e. The first-order valence-corrected chi connectivity index (χ1v) is 5.69. The smallest absolute Gasteiger partial charge is 0.240 e. The molecule has 0 spiro atoms. The number of aromatic amines is 1. The van der Waals surface area contributed by atoms with Gasteiger partial charge in [-0.05, 0) is 31.5 Å². The van der Waals surface area contributed by atoms with Gasteiger partial charge in [0.15, 0.2) is 0 Å². The van der Waals surface area contributed by atoms with Crippen LogP contribution in [0, 0.1) is 13.8 Å². The van der Waals surface area contributed by atoms with E-state index in [1.165, 1.54) is 16.6 Å². The zero-order chi connectivity index (χ0) is 12.7. The lowest BCUT2D eigenvalue weighted by Crippen LogP contribution is -1.97. The van der Waals surface area contributed by atoms with Crippen molar-refractivity contribution in [1.82, 2.24) is 20.2 Å². The summed E-state index contributed by atoms with van der Waals surface area (Å²) in [5.74, 6) is 0.188. The lowest BCUT2D eigenvalue weighted by molar-refractivity contribution is 0.993. The van der Waals surface area contributed by atoms with Crippen molar-refractivity contribution < 1.29 is 0 Å². The Bertz CT molecular complexity index is 712. The first-order chi connectivity index (χ1) is 8.65. The van der Waals surface area contributed by atoms with Crippen LogP contribution in [0.2, 0.25) is 0 Å². The van der Waals surface area contributed by atoms with Crippen LogP contribution in [0.25, 0.3) is 22.2 Å². The molecule has 5 heteroatoms. The van der Waals surface area contributed by atoms with Gasteiger partial charge in [0.1, 0.15) is 5.69 Å². The number of nitrogens with one attached hydrogen (secondary N) is 1. The van der Waals surface area contributed by atoms with Gasteiger partial charge in [-0.1, -0.05) is 6.07 Å². The molecular formula is C13H13N5. The average Bonchev–Trinajstić information content (AvgIpc) is 2.66. The summed E-state index contributed by atoms with van der Waals surface area (Å²) in [4.78, 5) is 7.30. The molecule has 3 rings (SSSR count). The van der Waals surface area contributed by atoms with Crippen LogP contribution in [0.3, 0.4) is 0 Å². The van der Waals surface area contributed by atoms with Crippen molar-refractivity contribution in [2.45, 2.75) is 13.8 Å². The fourth-order valence-electron chi connectivity index (χ4n) is 2.04. The number of anilines is 1. The Morgan fingerprint density at radius 3 is 2.72 bits per heavy atom. The van der Waals surface area contributed by atoms with Gasteiger partial charge >= 0.3 is 0 Å². The number of hydrogen-bond acceptors (Lipinski definition) is 4. The van der Waals surface area contributed by atoms with Gasteiger partial charge in [-0.15, -0.1) is 10.2 Å². The third-order valence-electron chi connectivity index (χ3n) is 3.18. The third-order valence-corrected chi connectivity index (χ3v) is 3.18. The van der Waals surface area contributed by atoms with E-state index in [4.69, 9.17) is 5.73 Å². The van der Waals surface area contributed by atoms with Gasteiger partial charge in [0, 0.05) is 22.2 Å². The Hall–Kier alpha value is -2.43. The Balaban J connectivity index is 2.18. The second kappa shape index (κ2) is 3.80. The van der Waals surface area contributed by atoms with Crippen LogP contribution in [0.5, 0.6) is 0 Å². The average molecular weight is 239 g/mol. The summed E-state index contributed by atoms with van der Waals surface area (Å²) in [6.07, 6.45) is 1.64. The molecule has 3 N–H and O–H groups in total. The SMILES string of the molecule is Cc1[nH]c2ccc(-c3cnc(N)nn3)cc2c1C. The highest BCUT2D eigenvalue weighted by Gasteiger charge is 2.07. The summed E-state index contributed by atoms with van der Waals surface area (Å²) in [6, 6.07) is 6.14. The molecule has 0 aliphatic heterocycles. The topological polar surface area (TPSA) is 80.5 Å². The molecule has 0 unspecified atom stereocenters. The van der Waals surface area contributed by atoms with Crippen LogP contribution in [-0.2, 0) is 0 Å². The molecule has 0 saturated carbocycles. The van der Waals surface area contributed by atoms with Gasteiger partial charge in [-0.3, -0.25) is 0 Å². The molecule has 1 aromatic carbocycles. The first-order valence-electron chi connectivity index (χ1n) is 5.69. The van der Waals surface area contributed by atoms with Gasteiger partial charge in [-0.2, -0.15) is 0 Å². The number of aryl methyl sites for hydroxylation is 2. The lowest BCUT2D eigenvalue weighted by atomic mass is 10.1. The van der Waals surface area contributed by atoms with E-state index in [2.05, 4.69) is 40.1 Å². The van der Waals surface area contributed by atoms with Crippen molar-refractivity contribution in [2.24, 2.45) is 0 Å². The van der Waals surface area contributed by atoms with Crippen molar-refractivity contribution in [1.29, 1.82) is 0 Å². The van der Waals surface area contributed by atoms with Crippen LogP contribution in [-0.4, -0.2) is 20.2 Å². The van der Waals surface area contributed by atoms with Gasteiger partial charge in [0.05, 0.1) is 6.20 Å². The standard InChI is InChI=1S/C13H13N5/c1-7-8(2)16-11-4-3-9(5-10(7)11)12-6-15-13(14)18-17-12/h3-6,16H,1-2H3,(H2,14,15,18). The van der Waals surface area contributed by atoms with E-state index >= 15 is 0 Å². The number of nitrogen functional groups attached to an aromatic ring is 1. The summed E-state index contributed by atoms with van der Waals surface area (Å²) in [6.45, 7) is 4.17. The Morgan fingerprint density at radius 1 is 1.17 bits per heavy atom. The van der Waals surface area contributed by atoms with Crippen molar-refractivity contribution in [2.75, 3.05) is 5.73 Å². The second-order valence-corrected chi connectivity index (χ2v) is 4.34. The van der Waals surface area contributed by atoms with Gasteiger partial charge in [-0.25, -0.2) is 4.98 Å². The van der Waals surface area contributed by atoms with Crippen molar-refractivity contribution in [3.63, 3.8) is 0 Å². The molecule has 90 valence electrons. The maximum Gasteiger partial charge on any atom is 0.240 e. The van der Waals surface area contributed by atoms with Gasteiger partial charge in [0.25, 0.3) is 0 Å². The highest BCUT2D eigenvalue weighted by Crippen LogP contribution is 2.26. The number of nitrogens with zero attached hydrogens (tertiary/aromatic N) is 3. The number of aromatic nitrogens is 4. The molecule has 0 radical (unpaired) electrons. The Kier molecular flexibility index (Phi) is 2.26. The molecule has 0 fully saturated rings. The normalized spacial score (nSPS) is 11.0. The van der Waals surface area contributed by atoms with Crippen molar-refractivity contribution >= 4 is 16.9 Å². The summed E-state index contributed by atoms with van der Waals surface area (Å²) in [5.41, 5.74) is 10.7. The van der Waals surface area contributed by atoms with E-state index in [0.29, 0.717) is 0 Å². The molecule has 2 aromatic heterocycles. The van der Waals surface area contributed by atoms with Gasteiger partial charge in [0.2, 0.25) is 5.95 Å². The summed E-state index contributed by atoms with van der Waals surface area (Å²) >= 11 is 0. The van der Waals surface area contributed by atoms with E-state index in [0.717, 1.165) is 16.8 Å². The molecule has 0 atom stereocenters. The fraction of sp³-hybridized carbons (Fsp3) is 0.154. The van der Waals surface area contributed by atoms with Crippen LogP contribution in [0.15, 0.2) is 24.4 Å². The molecule has 0 bridgehead atoms. The van der Waals surface area contributed by atoms with E-state index < -0.39 is 0 Å². The Morgan fingerprint density at radius 2 is 2.00 bits per heavy atom. The van der Waals surface area contributed by atoms with Crippen LogP contribution < -0.4 is 5.73 Å². The molecule has 0 amide bonds. The fourth-order valence-corrected chi connectivity index (χ4v) is 2.04. The summed E-state index contributed by atoms with van der Waals surface area (Å²) < 4.78 is 0. The molecule has 0 aliphatic carbocycles. The van der Waals surface area contributed by atoms with Crippen LogP contribution in [0.1, 0.15) is 11.3 Å². The monoisotopic (exact) mass is 239 g/mol. The second-order valence-electron chi connectivity index (χ2n) is 4.34. The number of hydrogen-bond donors (Lipinski definition) is 2. The number of H-pyrrole nitrogens is 1. The number of benzene rings is 1. The zero-order valence-electron chi connectivity index (χ0n) is 10.2. The van der Waals surface area contributed by atoms with Crippen LogP contribution in [0.4, 0.5) is 5.95 Å². The minimum atomic E-state index is 0.188. The molecule has 18 heavy (non-hydrogen) atoms. The van der Waals surface area contributed by atoms with Crippen molar-refractivity contribution in [3.8, 4) is 11.3 Å². The quantitative estimate of drug-likeness (QED) is 0.682. The number of nitrogens with two attached hydrogens (primary N) is 1. The van der Waals surface area contributed by atoms with Crippen LogP contribution >= 0.6 is 0 Å². The first kappa shape index (κ1) is 10.7. The molecule has 2 heterocycles. The van der Waals surface area contributed by atoms with Crippen molar-refractivity contribution in [3.05, 3.63) is 35.7 Å². The highest BCUT2D eigenvalue weighted by molar-refractivity contribution is 5.88. The van der Waals surface area contributed by atoms with E-state index in [9.17, 15) is 0 Å². The predicted octanol–water partition coefficient (Wildman–Crippen LogP) is 2.22. The molecular weight excluding hydrogens is 226 g/mol. The maximum absolute atomic E-state index is 5.43. The van der Waals surface area contributed by atoms with E-state index in [1.807, 2.05) is 12.1 Å². The molecule has 5 nitrogen and oxygen atoms in total. The molecule has 0 aliphatic rings. The molecule has 3 aromatic rings. The maximum atomic E-state index is 5.43. The lowest BCUT2D eigenvalue weighted by Gasteiger charge is -2.00. The van der Waals surface area contributed by atoms with Gasteiger partial charge < -0.3 is 10.7 Å². The Labute approximate surface area is 104 Å². The summed E-state index contributed by atoms with van der Waals surface area (Å²) in [7, 11) is 0. The number of rotatable bonds is 1. The largest absolute Gasteiger partial charge is 0.366 e.